The van der Waals surface area contributed by atoms with Gasteiger partial charge in [0, 0.05) is 6.42 Å². The molecule has 0 aliphatic carbocycles. The van der Waals surface area contributed by atoms with Crippen LogP contribution in [-0.4, -0.2) is 12.1 Å². The third-order valence-corrected chi connectivity index (χ3v) is 1.90. The molecular formula is C11H16N2O2. The van der Waals surface area contributed by atoms with E-state index in [-0.39, 0.29) is 5.91 Å². The summed E-state index contributed by atoms with van der Waals surface area (Å²) in [6.07, 6.45) is 3.91. The van der Waals surface area contributed by atoms with Gasteiger partial charge in [0.1, 0.15) is 11.5 Å². The average Bonchev–Trinajstić information content (AvgIpc) is 2.61. The quantitative estimate of drug-likeness (QED) is 0.596. The molecule has 0 atom stereocenters. The van der Waals surface area contributed by atoms with Gasteiger partial charge in [-0.05, 0) is 25.5 Å². The molecule has 0 aliphatic heterocycles. The first-order valence-electron chi connectivity index (χ1n) is 5.10. The Labute approximate surface area is 89.4 Å². The number of unbranched alkanes of at least 4 members (excludes halogenated alkanes) is 1. The van der Waals surface area contributed by atoms with Crippen LogP contribution in [0.4, 0.5) is 0 Å². The first kappa shape index (κ1) is 11.5. The molecule has 0 saturated carbocycles. The summed E-state index contributed by atoms with van der Waals surface area (Å²) >= 11 is 0. The smallest absolute Gasteiger partial charge is 0.240 e. The first-order valence-corrected chi connectivity index (χ1v) is 5.10. The van der Waals surface area contributed by atoms with Crippen molar-refractivity contribution in [2.45, 2.75) is 33.1 Å². The highest BCUT2D eigenvalue weighted by molar-refractivity contribution is 5.80. The fraction of sp³-hybridized carbons (Fsp3) is 0.455. The van der Waals surface area contributed by atoms with Crippen LogP contribution >= 0.6 is 0 Å². The summed E-state index contributed by atoms with van der Waals surface area (Å²) in [7, 11) is 0. The van der Waals surface area contributed by atoms with Gasteiger partial charge in [0.25, 0.3) is 0 Å². The minimum atomic E-state index is -0.0589. The predicted octanol–water partition coefficient (Wildman–Crippen LogP) is 2.23. The Balaban J connectivity index is 2.30. The number of rotatable bonds is 5. The Morgan fingerprint density at radius 1 is 1.60 bits per heavy atom. The van der Waals surface area contributed by atoms with Crippen molar-refractivity contribution < 1.29 is 9.21 Å². The van der Waals surface area contributed by atoms with Gasteiger partial charge in [0.15, 0.2) is 0 Å². The number of carbonyl (C=O) groups excluding carboxylic acids is 1. The number of hydrogen-bond donors (Lipinski definition) is 1. The van der Waals surface area contributed by atoms with E-state index >= 15 is 0 Å². The number of furan rings is 1. The molecule has 1 N–H and O–H groups in total. The lowest BCUT2D eigenvalue weighted by atomic mass is 10.2. The Bertz CT molecular complexity index is 342. The third-order valence-electron chi connectivity index (χ3n) is 1.90. The van der Waals surface area contributed by atoms with Crippen LogP contribution in [0.1, 0.15) is 37.7 Å². The highest BCUT2D eigenvalue weighted by Gasteiger charge is 1.97. The van der Waals surface area contributed by atoms with Crippen molar-refractivity contribution in [1.29, 1.82) is 0 Å². The molecule has 1 rings (SSSR count). The molecule has 0 spiro atoms. The largest absolute Gasteiger partial charge is 0.460 e. The second-order valence-electron chi connectivity index (χ2n) is 3.35. The van der Waals surface area contributed by atoms with E-state index in [4.69, 9.17) is 4.42 Å². The van der Waals surface area contributed by atoms with Crippen LogP contribution in [0, 0.1) is 6.92 Å². The van der Waals surface area contributed by atoms with E-state index in [9.17, 15) is 4.79 Å². The van der Waals surface area contributed by atoms with Gasteiger partial charge in [-0.25, -0.2) is 5.43 Å². The molecule has 1 aromatic rings. The summed E-state index contributed by atoms with van der Waals surface area (Å²) in [5, 5.41) is 3.79. The molecule has 0 saturated heterocycles. The molecular weight excluding hydrogens is 192 g/mol. The van der Waals surface area contributed by atoms with E-state index < -0.39 is 0 Å². The van der Waals surface area contributed by atoms with Gasteiger partial charge in [0.05, 0.1) is 6.21 Å². The maximum atomic E-state index is 11.1. The summed E-state index contributed by atoms with van der Waals surface area (Å²) in [5.74, 6) is 1.41. The van der Waals surface area contributed by atoms with Crippen molar-refractivity contribution in [3.63, 3.8) is 0 Å². The highest BCUT2D eigenvalue weighted by atomic mass is 16.3. The van der Waals surface area contributed by atoms with Crippen molar-refractivity contribution in [2.75, 3.05) is 0 Å². The van der Waals surface area contributed by atoms with Gasteiger partial charge in [0.2, 0.25) is 5.91 Å². The first-order chi connectivity index (χ1) is 7.22. The van der Waals surface area contributed by atoms with Crippen LogP contribution in [0.25, 0.3) is 0 Å². The number of nitrogens with zero attached hydrogens (tertiary/aromatic N) is 1. The van der Waals surface area contributed by atoms with Crippen LogP contribution in [0.5, 0.6) is 0 Å². The topological polar surface area (TPSA) is 54.6 Å². The molecule has 4 nitrogen and oxygen atoms in total. The second-order valence-corrected chi connectivity index (χ2v) is 3.35. The Hall–Kier alpha value is -1.58. The number of hydrogen-bond acceptors (Lipinski definition) is 3. The third kappa shape index (κ3) is 4.44. The number of amides is 1. The summed E-state index contributed by atoms with van der Waals surface area (Å²) < 4.78 is 5.25. The molecule has 15 heavy (non-hydrogen) atoms. The van der Waals surface area contributed by atoms with Crippen LogP contribution in [0.2, 0.25) is 0 Å². The molecule has 0 fully saturated rings. The molecule has 0 bridgehead atoms. The maximum absolute atomic E-state index is 11.1. The monoisotopic (exact) mass is 208 g/mol. The zero-order valence-electron chi connectivity index (χ0n) is 9.12. The maximum Gasteiger partial charge on any atom is 0.240 e. The van der Waals surface area contributed by atoms with Crippen molar-refractivity contribution in [3.05, 3.63) is 23.7 Å². The van der Waals surface area contributed by atoms with Crippen LogP contribution < -0.4 is 5.43 Å². The van der Waals surface area contributed by atoms with E-state index in [1.54, 1.807) is 6.07 Å². The number of nitrogens with one attached hydrogen (secondary N) is 1. The van der Waals surface area contributed by atoms with E-state index in [2.05, 4.69) is 10.5 Å². The molecule has 1 heterocycles. The molecule has 0 radical (unpaired) electrons. The number of carbonyl (C=O) groups is 1. The number of hydrazone groups is 1. The van der Waals surface area contributed by atoms with Gasteiger partial charge in [-0.15, -0.1) is 0 Å². The van der Waals surface area contributed by atoms with E-state index in [0.29, 0.717) is 12.2 Å². The second kappa shape index (κ2) is 6.01. The molecule has 1 amide bonds. The van der Waals surface area contributed by atoms with Crippen molar-refractivity contribution in [2.24, 2.45) is 5.10 Å². The van der Waals surface area contributed by atoms with Gasteiger partial charge < -0.3 is 4.42 Å². The zero-order chi connectivity index (χ0) is 11.1. The molecule has 0 aromatic carbocycles. The highest BCUT2D eigenvalue weighted by Crippen LogP contribution is 2.02. The van der Waals surface area contributed by atoms with Gasteiger partial charge in [-0.3, -0.25) is 4.79 Å². The van der Waals surface area contributed by atoms with Crippen molar-refractivity contribution in [1.82, 2.24) is 5.43 Å². The lowest BCUT2D eigenvalue weighted by molar-refractivity contribution is -0.121. The predicted molar refractivity (Wildman–Crippen MR) is 58.7 cm³/mol. The SMILES string of the molecule is CCCCC(=O)N/N=C/c1ccc(C)o1. The standard InChI is InChI=1S/C11H16N2O2/c1-3-4-5-11(14)13-12-8-10-7-6-9(2)15-10/h6-8H,3-5H2,1-2H3,(H,13,14)/b12-8+. The lowest BCUT2D eigenvalue weighted by Gasteiger charge is -1.96. The van der Waals surface area contributed by atoms with E-state index in [1.165, 1.54) is 6.21 Å². The Kier molecular flexibility index (Phi) is 4.60. The zero-order valence-corrected chi connectivity index (χ0v) is 9.12. The fourth-order valence-corrected chi connectivity index (χ4v) is 1.08. The minimum absolute atomic E-state index is 0.0589. The molecule has 4 heteroatoms. The van der Waals surface area contributed by atoms with E-state index in [0.717, 1.165) is 18.6 Å². The average molecular weight is 208 g/mol. The molecule has 0 unspecified atom stereocenters. The van der Waals surface area contributed by atoms with Crippen LogP contribution in [-0.2, 0) is 4.79 Å². The Morgan fingerprint density at radius 2 is 2.40 bits per heavy atom. The van der Waals surface area contributed by atoms with Crippen LogP contribution in [0.15, 0.2) is 21.7 Å². The summed E-state index contributed by atoms with van der Waals surface area (Å²) in [6, 6.07) is 3.65. The fourth-order valence-electron chi connectivity index (χ4n) is 1.08. The van der Waals surface area contributed by atoms with Gasteiger partial charge in [-0.1, -0.05) is 13.3 Å². The van der Waals surface area contributed by atoms with Gasteiger partial charge >= 0.3 is 0 Å². The summed E-state index contributed by atoms with van der Waals surface area (Å²) in [5.41, 5.74) is 2.45. The van der Waals surface area contributed by atoms with E-state index in [1.807, 2.05) is 19.9 Å². The minimum Gasteiger partial charge on any atom is -0.460 e. The van der Waals surface area contributed by atoms with Gasteiger partial charge in [-0.2, -0.15) is 5.10 Å². The normalized spacial score (nSPS) is 10.8. The molecule has 0 aliphatic rings. The Morgan fingerprint density at radius 3 is 3.00 bits per heavy atom. The van der Waals surface area contributed by atoms with Crippen LogP contribution in [0.3, 0.4) is 0 Å². The lowest BCUT2D eigenvalue weighted by Crippen LogP contribution is -2.16. The van der Waals surface area contributed by atoms with Crippen molar-refractivity contribution >= 4 is 12.1 Å². The number of aryl methyl sites for hydroxylation is 1. The molecule has 82 valence electrons. The summed E-state index contributed by atoms with van der Waals surface area (Å²) in [6.45, 7) is 3.90. The summed E-state index contributed by atoms with van der Waals surface area (Å²) in [4.78, 5) is 11.1. The van der Waals surface area contributed by atoms with Crippen molar-refractivity contribution in [3.8, 4) is 0 Å². The molecule has 1 aromatic heterocycles.